The van der Waals surface area contributed by atoms with Gasteiger partial charge in [-0.2, -0.15) is 5.06 Å². The highest BCUT2D eigenvalue weighted by Gasteiger charge is 2.52. The van der Waals surface area contributed by atoms with Crippen molar-refractivity contribution in [1.82, 2.24) is 24.8 Å². The lowest BCUT2D eigenvalue weighted by Crippen LogP contribution is -2.73. The van der Waals surface area contributed by atoms with Gasteiger partial charge in [-0.05, 0) is 42.9 Å². The molecule has 4 rings (SSSR count). The third-order valence-electron chi connectivity index (χ3n) is 6.65. The lowest BCUT2D eigenvalue weighted by molar-refractivity contribution is -0.274. The van der Waals surface area contributed by atoms with Gasteiger partial charge in [-0.3, -0.25) is 29.0 Å². The molecule has 11 nitrogen and oxygen atoms in total. The number of hydrogen-bond donors (Lipinski definition) is 1. The average molecular weight is 569 g/mol. The molecular weight excluding hydrogens is 532 g/mol. The van der Waals surface area contributed by atoms with Crippen LogP contribution >= 0.6 is 11.3 Å². The fourth-order valence-electron chi connectivity index (χ4n) is 4.86. The first kappa shape index (κ1) is 29.3. The van der Waals surface area contributed by atoms with Crippen molar-refractivity contribution < 1.29 is 24.0 Å². The smallest absolute Gasteiger partial charge is 0.272 e. The zero-order valence-electron chi connectivity index (χ0n) is 23.2. The number of nitrogens with zero attached hydrogens (tertiary/aromatic N) is 5. The summed E-state index contributed by atoms with van der Waals surface area (Å²) in [6.45, 7) is 8.07. The van der Waals surface area contributed by atoms with Crippen LogP contribution in [0.15, 0.2) is 42.0 Å². The van der Waals surface area contributed by atoms with E-state index in [1.165, 1.54) is 27.4 Å². The summed E-state index contributed by atoms with van der Waals surface area (Å²) in [6, 6.07) is 4.60. The van der Waals surface area contributed by atoms with Crippen LogP contribution in [0.1, 0.15) is 52.7 Å². The molecule has 2 aromatic rings. The first-order chi connectivity index (χ1) is 19.1. The van der Waals surface area contributed by atoms with Crippen LogP contribution in [0.4, 0.5) is 5.13 Å². The highest BCUT2D eigenvalue weighted by molar-refractivity contribution is 7.13. The molecule has 214 valence electrons. The van der Waals surface area contributed by atoms with E-state index in [0.29, 0.717) is 23.7 Å². The second-order valence-electron chi connectivity index (χ2n) is 10.8. The number of anilines is 1. The molecule has 0 bridgehead atoms. The number of piperazine rings is 1. The van der Waals surface area contributed by atoms with Gasteiger partial charge in [0.25, 0.3) is 11.8 Å². The maximum Gasteiger partial charge on any atom is 0.272 e. The van der Waals surface area contributed by atoms with Crippen LogP contribution < -0.4 is 5.32 Å². The second-order valence-corrected chi connectivity index (χ2v) is 11.7. The Morgan fingerprint density at radius 1 is 1.10 bits per heavy atom. The third-order valence-corrected chi connectivity index (χ3v) is 7.34. The Hall–Kier alpha value is -3.64. The minimum Gasteiger partial charge on any atom is -0.336 e. The molecule has 2 saturated heterocycles. The maximum absolute atomic E-state index is 13.7. The van der Waals surface area contributed by atoms with Gasteiger partial charge in [0.05, 0.1) is 12.2 Å². The Morgan fingerprint density at radius 3 is 2.52 bits per heavy atom. The molecule has 0 aliphatic carbocycles. The number of fused-ring (bicyclic) bond motifs is 1. The molecule has 0 unspecified atom stereocenters. The number of carbonyl (C=O) groups excluding carboxylic acids is 4. The van der Waals surface area contributed by atoms with E-state index < -0.39 is 24.2 Å². The largest absolute Gasteiger partial charge is 0.336 e. The number of hydroxylamine groups is 2. The lowest BCUT2D eigenvalue weighted by atomic mass is 9.95. The first-order valence-electron chi connectivity index (χ1n) is 13.5. The monoisotopic (exact) mass is 568 g/mol. The van der Waals surface area contributed by atoms with Crippen molar-refractivity contribution in [3.05, 3.63) is 47.7 Å². The topological polar surface area (TPSA) is 125 Å². The molecule has 2 aromatic heterocycles. The van der Waals surface area contributed by atoms with Gasteiger partial charge in [0.15, 0.2) is 17.4 Å². The second kappa shape index (κ2) is 13.1. The fraction of sp³-hybridized carbons (Fsp3) is 0.500. The minimum atomic E-state index is -0.887. The molecule has 0 spiro atoms. The van der Waals surface area contributed by atoms with Gasteiger partial charge in [0.2, 0.25) is 11.8 Å². The fourth-order valence-corrected chi connectivity index (χ4v) is 5.41. The number of thiazole rings is 1. The van der Waals surface area contributed by atoms with Crippen LogP contribution in [-0.2, 0) is 24.0 Å². The Balaban J connectivity index is 1.60. The summed E-state index contributed by atoms with van der Waals surface area (Å²) in [5.74, 6) is -1.03. The van der Waals surface area contributed by atoms with Gasteiger partial charge in [0, 0.05) is 36.8 Å². The van der Waals surface area contributed by atoms with Gasteiger partial charge in [-0.25, -0.2) is 4.98 Å². The van der Waals surface area contributed by atoms with Crippen molar-refractivity contribution in [2.24, 2.45) is 11.8 Å². The van der Waals surface area contributed by atoms with Crippen LogP contribution in [0.2, 0.25) is 0 Å². The summed E-state index contributed by atoms with van der Waals surface area (Å²) in [4.78, 5) is 70.9. The molecule has 4 heterocycles. The van der Waals surface area contributed by atoms with Gasteiger partial charge in [-0.15, -0.1) is 11.3 Å². The summed E-state index contributed by atoms with van der Waals surface area (Å²) in [5.41, 5.74) is 0.601. The van der Waals surface area contributed by atoms with E-state index >= 15 is 0 Å². The first-order valence-corrected chi connectivity index (χ1v) is 14.4. The SMILES string of the molecule is CC(C)C[C@H]1ON(C(=O)/C=C/c2ccccn2)[C@H]2CN(CCC(=O)Nc3nccs3)C(=O)[C@H](CC(C)C)N2C1=O. The van der Waals surface area contributed by atoms with E-state index in [1.54, 1.807) is 40.9 Å². The molecule has 0 aromatic carbocycles. The van der Waals surface area contributed by atoms with E-state index in [0.717, 1.165) is 0 Å². The summed E-state index contributed by atoms with van der Waals surface area (Å²) >= 11 is 1.31. The van der Waals surface area contributed by atoms with Crippen molar-refractivity contribution in [3.8, 4) is 0 Å². The number of nitrogens with one attached hydrogen (secondary N) is 1. The number of rotatable bonds is 10. The van der Waals surface area contributed by atoms with Crippen LogP contribution in [-0.4, -0.2) is 79.9 Å². The maximum atomic E-state index is 13.7. The number of aromatic nitrogens is 2. The summed E-state index contributed by atoms with van der Waals surface area (Å²) < 4.78 is 0. The molecule has 1 N–H and O–H groups in total. The average Bonchev–Trinajstić information content (AvgIpc) is 3.42. The zero-order valence-corrected chi connectivity index (χ0v) is 24.0. The molecule has 2 aliphatic rings. The minimum absolute atomic E-state index is 0.0290. The molecule has 0 saturated carbocycles. The van der Waals surface area contributed by atoms with E-state index in [9.17, 15) is 19.2 Å². The van der Waals surface area contributed by atoms with Crippen molar-refractivity contribution in [1.29, 1.82) is 0 Å². The van der Waals surface area contributed by atoms with E-state index in [-0.39, 0.29) is 49.1 Å². The highest BCUT2D eigenvalue weighted by atomic mass is 32.1. The zero-order chi connectivity index (χ0) is 28.8. The summed E-state index contributed by atoms with van der Waals surface area (Å²) in [5, 5.41) is 6.19. The Morgan fingerprint density at radius 2 is 1.88 bits per heavy atom. The molecule has 40 heavy (non-hydrogen) atoms. The highest BCUT2D eigenvalue weighted by Crippen LogP contribution is 2.32. The van der Waals surface area contributed by atoms with E-state index in [1.807, 2.05) is 33.8 Å². The van der Waals surface area contributed by atoms with Gasteiger partial charge in [-0.1, -0.05) is 33.8 Å². The van der Waals surface area contributed by atoms with Gasteiger partial charge < -0.3 is 15.1 Å². The van der Waals surface area contributed by atoms with Gasteiger partial charge >= 0.3 is 0 Å². The van der Waals surface area contributed by atoms with E-state index in [2.05, 4.69) is 15.3 Å². The normalized spacial score (nSPS) is 21.4. The van der Waals surface area contributed by atoms with Crippen molar-refractivity contribution in [2.75, 3.05) is 18.4 Å². The molecule has 12 heteroatoms. The van der Waals surface area contributed by atoms with E-state index in [4.69, 9.17) is 4.84 Å². The van der Waals surface area contributed by atoms with Crippen molar-refractivity contribution in [3.63, 3.8) is 0 Å². The van der Waals surface area contributed by atoms with Crippen LogP contribution in [0.25, 0.3) is 6.08 Å². The number of pyridine rings is 1. The van der Waals surface area contributed by atoms with Crippen molar-refractivity contribution >= 4 is 46.2 Å². The standard InChI is InChI=1S/C28H36N6O5S/c1-18(2)15-21-26(37)32(13-10-23(35)31-28-30-12-14-40-28)17-24-33(21)27(38)22(16-19(3)4)39-34(24)25(36)9-8-20-7-5-6-11-29-20/h5-9,11-12,14,18-19,21-22,24H,10,13,15-17H2,1-4H3,(H,30,31,35)/b9-8+/t21-,22+,24-/m0/s1. The van der Waals surface area contributed by atoms with Crippen molar-refractivity contribution in [2.45, 2.75) is 65.3 Å². The molecular formula is C28H36N6O5S. The lowest BCUT2D eigenvalue weighted by Gasteiger charge is -2.53. The molecule has 3 atom stereocenters. The molecule has 0 radical (unpaired) electrons. The molecule has 2 fully saturated rings. The third kappa shape index (κ3) is 7.11. The van der Waals surface area contributed by atoms with Crippen LogP contribution in [0.3, 0.4) is 0 Å². The number of hydrogen-bond acceptors (Lipinski definition) is 8. The Bertz CT molecular complexity index is 1220. The predicted octanol–water partition coefficient (Wildman–Crippen LogP) is 3.18. The summed E-state index contributed by atoms with van der Waals surface area (Å²) in [7, 11) is 0. The molecule has 4 amide bonds. The number of amides is 4. The Labute approximate surface area is 238 Å². The summed E-state index contributed by atoms with van der Waals surface area (Å²) in [6.07, 6.45) is 5.33. The quantitative estimate of drug-likeness (QED) is 0.437. The van der Waals surface area contributed by atoms with Crippen LogP contribution in [0.5, 0.6) is 0 Å². The van der Waals surface area contributed by atoms with Gasteiger partial charge in [0.1, 0.15) is 6.04 Å². The molecule has 2 aliphatic heterocycles. The predicted molar refractivity (Wildman–Crippen MR) is 150 cm³/mol. The number of carbonyl (C=O) groups is 4. The Kier molecular flexibility index (Phi) is 9.64. The van der Waals surface area contributed by atoms with Crippen LogP contribution in [0, 0.1) is 11.8 Å².